The van der Waals surface area contributed by atoms with E-state index < -0.39 is 17.5 Å². The predicted octanol–water partition coefficient (Wildman–Crippen LogP) is 3.88. The highest BCUT2D eigenvalue weighted by molar-refractivity contribution is 7.16. The van der Waals surface area contributed by atoms with Crippen molar-refractivity contribution in [3.63, 3.8) is 0 Å². The van der Waals surface area contributed by atoms with Gasteiger partial charge >= 0.3 is 11.6 Å². The third-order valence-electron chi connectivity index (χ3n) is 5.17. The van der Waals surface area contributed by atoms with Gasteiger partial charge in [0.25, 0.3) is 5.91 Å². The maximum absolute atomic E-state index is 13.0. The van der Waals surface area contributed by atoms with Crippen LogP contribution in [0.15, 0.2) is 80.9 Å². The molecule has 32 heavy (non-hydrogen) atoms. The fourth-order valence-corrected chi connectivity index (χ4v) is 4.65. The number of esters is 1. The second kappa shape index (κ2) is 7.90. The molecule has 0 aliphatic rings. The summed E-state index contributed by atoms with van der Waals surface area (Å²) < 4.78 is 12.6. The van der Waals surface area contributed by atoms with Crippen LogP contribution in [0.4, 0.5) is 0 Å². The molecule has 0 saturated carbocycles. The molecule has 158 valence electrons. The van der Waals surface area contributed by atoms with Gasteiger partial charge in [-0.3, -0.25) is 9.59 Å². The summed E-state index contributed by atoms with van der Waals surface area (Å²) in [4.78, 5) is 42.0. The third-order valence-corrected chi connectivity index (χ3v) is 6.23. The van der Waals surface area contributed by atoms with E-state index in [1.165, 1.54) is 24.5 Å². The number of nitrogens with zero attached hydrogens (tertiary/aromatic N) is 2. The fraction of sp³-hybridized carbons (Fsp3) is 0.0833. The van der Waals surface area contributed by atoms with Gasteiger partial charge in [0.2, 0.25) is 0 Å². The lowest BCUT2D eigenvalue weighted by molar-refractivity contribution is -0.141. The third kappa shape index (κ3) is 3.40. The van der Waals surface area contributed by atoms with E-state index in [1.54, 1.807) is 10.6 Å². The number of para-hydroxylation sites is 1. The van der Waals surface area contributed by atoms with Gasteiger partial charge in [-0.15, -0.1) is 0 Å². The molecular formula is C24H16N2O5S. The smallest absolute Gasteiger partial charge is 0.349 e. The number of fused-ring (bicyclic) bond motifs is 4. The first-order chi connectivity index (χ1) is 15.5. The van der Waals surface area contributed by atoms with Gasteiger partial charge in [0, 0.05) is 5.39 Å². The lowest BCUT2D eigenvalue weighted by atomic mass is 10.0. The number of hydrogen-bond donors (Lipinski definition) is 0. The van der Waals surface area contributed by atoms with Crippen molar-refractivity contribution in [3.8, 4) is 0 Å². The summed E-state index contributed by atoms with van der Waals surface area (Å²) in [5, 5.41) is 2.48. The Morgan fingerprint density at radius 2 is 1.81 bits per heavy atom. The first-order valence-electron chi connectivity index (χ1n) is 9.75. The molecule has 0 N–H and O–H groups in total. The molecule has 0 unspecified atom stereocenters. The van der Waals surface area contributed by atoms with Crippen molar-refractivity contribution in [2.75, 3.05) is 7.11 Å². The molecule has 0 atom stereocenters. The lowest BCUT2D eigenvalue weighted by Gasteiger charge is -2.04. The highest BCUT2D eigenvalue weighted by Crippen LogP contribution is 2.25. The van der Waals surface area contributed by atoms with E-state index >= 15 is 0 Å². The van der Waals surface area contributed by atoms with Crippen LogP contribution in [0.5, 0.6) is 0 Å². The number of methoxy groups -OCH3 is 1. The molecule has 3 aromatic carbocycles. The van der Waals surface area contributed by atoms with Gasteiger partial charge in [-0.2, -0.15) is 4.99 Å². The average molecular weight is 444 g/mol. The standard InChI is InChI=1S/C24H16N2O5S/c1-30-21(27)13-26-18-8-4-5-9-20(18)32-24(26)25-22(28)17-12-16-15-7-3-2-6-14(15)10-11-19(16)31-23(17)29/h2-12H,13H2,1H3. The number of thiazole rings is 1. The molecule has 0 bridgehead atoms. The maximum Gasteiger partial charge on any atom is 0.349 e. The SMILES string of the molecule is COC(=O)Cn1c(=NC(=O)c2cc3c(ccc4ccccc43)oc2=O)sc2ccccc21. The Morgan fingerprint density at radius 1 is 1.03 bits per heavy atom. The molecular weight excluding hydrogens is 428 g/mol. The number of benzene rings is 3. The van der Waals surface area contributed by atoms with Crippen LogP contribution in [0.3, 0.4) is 0 Å². The van der Waals surface area contributed by atoms with Crippen molar-refractivity contribution in [2.24, 2.45) is 4.99 Å². The summed E-state index contributed by atoms with van der Waals surface area (Å²) >= 11 is 1.25. The Morgan fingerprint density at radius 3 is 2.66 bits per heavy atom. The topological polar surface area (TPSA) is 90.9 Å². The minimum atomic E-state index is -0.762. The molecule has 0 aliphatic carbocycles. The molecule has 5 aromatic rings. The number of carbonyl (C=O) groups excluding carboxylic acids is 2. The van der Waals surface area contributed by atoms with Gasteiger partial charge in [-0.1, -0.05) is 53.8 Å². The first-order valence-corrected chi connectivity index (χ1v) is 10.6. The van der Waals surface area contributed by atoms with Crippen molar-refractivity contribution in [3.05, 3.63) is 87.5 Å². The van der Waals surface area contributed by atoms with E-state index in [4.69, 9.17) is 9.15 Å². The predicted molar refractivity (Wildman–Crippen MR) is 122 cm³/mol. The molecule has 8 heteroatoms. The summed E-state index contributed by atoms with van der Waals surface area (Å²) in [5.41, 5.74) is 0.206. The average Bonchev–Trinajstić information content (AvgIpc) is 3.15. The Balaban J connectivity index is 1.69. The Labute approximate surface area is 184 Å². The second-order valence-electron chi connectivity index (χ2n) is 7.08. The second-order valence-corrected chi connectivity index (χ2v) is 8.09. The summed E-state index contributed by atoms with van der Waals surface area (Å²) in [7, 11) is 1.30. The van der Waals surface area contributed by atoms with E-state index in [2.05, 4.69) is 4.99 Å². The molecule has 0 saturated heterocycles. The minimum absolute atomic E-state index is 0.108. The van der Waals surface area contributed by atoms with Crippen molar-refractivity contribution in [1.29, 1.82) is 0 Å². The van der Waals surface area contributed by atoms with Gasteiger partial charge in [-0.25, -0.2) is 4.79 Å². The monoisotopic (exact) mass is 444 g/mol. The van der Waals surface area contributed by atoms with Crippen LogP contribution in [-0.4, -0.2) is 23.6 Å². The molecule has 0 aliphatic heterocycles. The molecule has 2 heterocycles. The highest BCUT2D eigenvalue weighted by Gasteiger charge is 2.17. The van der Waals surface area contributed by atoms with Crippen molar-refractivity contribution in [2.45, 2.75) is 6.54 Å². The number of hydrogen-bond acceptors (Lipinski definition) is 6. The van der Waals surface area contributed by atoms with Crippen LogP contribution >= 0.6 is 11.3 Å². The molecule has 2 aromatic heterocycles. The fourth-order valence-electron chi connectivity index (χ4n) is 3.62. The number of carbonyl (C=O) groups is 2. The van der Waals surface area contributed by atoms with E-state index in [-0.39, 0.29) is 12.1 Å². The minimum Gasteiger partial charge on any atom is -0.468 e. The highest BCUT2D eigenvalue weighted by atomic mass is 32.1. The van der Waals surface area contributed by atoms with Crippen LogP contribution in [0.25, 0.3) is 32.0 Å². The zero-order valence-corrected chi connectivity index (χ0v) is 17.7. The molecule has 0 fully saturated rings. The summed E-state index contributed by atoms with van der Waals surface area (Å²) in [6.45, 7) is -0.108. The van der Waals surface area contributed by atoms with Gasteiger partial charge in [-0.05, 0) is 35.0 Å². The first kappa shape index (κ1) is 19.9. The van der Waals surface area contributed by atoms with Crippen LogP contribution in [0, 0.1) is 0 Å². The summed E-state index contributed by atoms with van der Waals surface area (Å²) in [6.07, 6.45) is 0. The summed E-state index contributed by atoms with van der Waals surface area (Å²) in [6, 6.07) is 20.1. The zero-order valence-electron chi connectivity index (χ0n) is 16.9. The largest absolute Gasteiger partial charge is 0.468 e. The van der Waals surface area contributed by atoms with Crippen molar-refractivity contribution in [1.82, 2.24) is 4.57 Å². The molecule has 5 rings (SSSR count). The van der Waals surface area contributed by atoms with E-state index in [0.717, 1.165) is 21.0 Å². The van der Waals surface area contributed by atoms with Gasteiger partial charge in [0.15, 0.2) is 4.80 Å². The van der Waals surface area contributed by atoms with Crippen molar-refractivity contribution >= 4 is 55.2 Å². The van der Waals surface area contributed by atoms with E-state index in [0.29, 0.717) is 15.8 Å². The van der Waals surface area contributed by atoms with Gasteiger partial charge in [0.1, 0.15) is 17.7 Å². The normalized spacial score (nSPS) is 12.0. The molecule has 0 radical (unpaired) electrons. The number of rotatable bonds is 3. The molecule has 0 spiro atoms. The quantitative estimate of drug-likeness (QED) is 0.239. The molecule has 1 amide bonds. The lowest BCUT2D eigenvalue weighted by Crippen LogP contribution is -2.23. The van der Waals surface area contributed by atoms with E-state index in [9.17, 15) is 14.4 Å². The van der Waals surface area contributed by atoms with Crippen LogP contribution < -0.4 is 10.4 Å². The molecule has 7 nitrogen and oxygen atoms in total. The Bertz CT molecular complexity index is 1660. The van der Waals surface area contributed by atoms with Crippen LogP contribution in [-0.2, 0) is 16.1 Å². The van der Waals surface area contributed by atoms with Crippen LogP contribution in [0.2, 0.25) is 0 Å². The van der Waals surface area contributed by atoms with Gasteiger partial charge < -0.3 is 13.7 Å². The number of amides is 1. The zero-order chi connectivity index (χ0) is 22.2. The van der Waals surface area contributed by atoms with Crippen molar-refractivity contribution < 1.29 is 18.7 Å². The van der Waals surface area contributed by atoms with Gasteiger partial charge in [0.05, 0.1) is 17.3 Å². The Hall–Kier alpha value is -4.04. The van der Waals surface area contributed by atoms with Crippen LogP contribution in [0.1, 0.15) is 10.4 Å². The van der Waals surface area contributed by atoms with E-state index in [1.807, 2.05) is 54.6 Å². The number of aromatic nitrogens is 1. The number of ether oxygens (including phenoxy) is 1. The summed E-state index contributed by atoms with van der Waals surface area (Å²) in [5.74, 6) is -1.21. The Kier molecular flexibility index (Phi) is 4.91. The maximum atomic E-state index is 13.0.